The van der Waals surface area contributed by atoms with Gasteiger partial charge in [-0.1, -0.05) is 67.3 Å². The maximum Gasteiger partial charge on any atom is 0.510 e. The number of benzene rings is 2. The summed E-state index contributed by atoms with van der Waals surface area (Å²) >= 11 is 1.48. The van der Waals surface area contributed by atoms with Crippen LogP contribution in [0, 0.1) is 17.8 Å². The van der Waals surface area contributed by atoms with Crippen LogP contribution in [0.25, 0.3) is 22.3 Å². The molecule has 0 spiro atoms. The van der Waals surface area contributed by atoms with E-state index in [-0.39, 0.29) is 92.7 Å². The summed E-state index contributed by atoms with van der Waals surface area (Å²) in [7, 11) is -2.54. The number of anilines is 1. The van der Waals surface area contributed by atoms with Crippen molar-refractivity contribution in [2.24, 2.45) is 11.7 Å². The molecule has 0 bridgehead atoms. The highest BCUT2D eigenvalue weighted by molar-refractivity contribution is 7.98. The second-order valence-corrected chi connectivity index (χ2v) is 29.0. The molecule has 1 unspecified atom stereocenters. The van der Waals surface area contributed by atoms with Crippen molar-refractivity contribution in [2.75, 3.05) is 150 Å². The number of rotatable bonds is 54. The number of unbranched alkanes of at least 4 members (excludes halogenated alkanes) is 2. The predicted molar refractivity (Wildman–Crippen MR) is 402 cm³/mol. The molecule has 0 radical (unpaired) electrons. The lowest BCUT2D eigenvalue weighted by atomic mass is 9.85. The van der Waals surface area contributed by atoms with Gasteiger partial charge in [-0.05, 0) is 113 Å². The second kappa shape index (κ2) is 46.7. The average molecular weight is 1510 g/mol. The Labute approximate surface area is 626 Å². The average Bonchev–Trinajstić information content (AvgIpc) is 1.44. The van der Waals surface area contributed by atoms with Crippen LogP contribution in [0.15, 0.2) is 76.9 Å². The van der Waals surface area contributed by atoms with E-state index in [1.165, 1.54) is 11.8 Å². The summed E-state index contributed by atoms with van der Waals surface area (Å²) in [6.07, 6.45) is 11.5. The third kappa shape index (κ3) is 28.3. The number of hydrogen-bond donors (Lipinski definition) is 2. The number of para-hydroxylation sites is 1. The van der Waals surface area contributed by atoms with E-state index in [0.717, 1.165) is 28.5 Å². The third-order valence-corrected chi connectivity index (χ3v) is 19.6. The predicted octanol–water partition coefficient (Wildman–Crippen LogP) is 8.18. The molecule has 27 nitrogen and oxygen atoms in total. The van der Waals surface area contributed by atoms with Crippen LogP contribution in [0.1, 0.15) is 131 Å². The molecular weight excluding hydrogens is 1410 g/mol. The highest BCUT2D eigenvalue weighted by atomic mass is 32.2. The molecule has 2 aliphatic heterocycles. The number of fused-ring (bicyclic) bond motifs is 5. The van der Waals surface area contributed by atoms with E-state index in [4.69, 9.17) is 67.6 Å². The molecule has 2 aliphatic rings. The number of cyclic esters (lactones) is 1. The molecule has 580 valence electrons. The zero-order valence-corrected chi connectivity index (χ0v) is 63.6. The lowest BCUT2D eigenvalue weighted by Crippen LogP contribution is -2.47. The number of pyridine rings is 2. The van der Waals surface area contributed by atoms with Gasteiger partial charge in [0.25, 0.3) is 5.56 Å². The Kier molecular flexibility index (Phi) is 37.8. The second-order valence-electron chi connectivity index (χ2n) is 25.8. The van der Waals surface area contributed by atoms with E-state index in [1.807, 2.05) is 48.7 Å². The molecule has 106 heavy (non-hydrogen) atoms. The number of nitrogens with one attached hydrogen (secondary N) is 1. The Balaban J connectivity index is 0.682. The normalized spacial score (nSPS) is 14.6. The number of amides is 1. The van der Waals surface area contributed by atoms with Gasteiger partial charge in [-0.15, -0.1) is 0 Å². The SMILES string of the molecule is C=S(C)(=O)N(CCc1c2c(nc3ccccc13)-c1cc3c(c(=O)n1C2)COC(=O)[C@@]3(CC)OC(=O)OCc1ccc(NC(=O)[C@H](CCCCN)CC(=O)COCC(=O)CCCOCCOCCOCCOCCOCCOCCOCCOCCCC(=O)CCCC#Cc2cnc(SC)nc2)cc1)C(C)C. The third-order valence-electron chi connectivity index (χ3n) is 17.4. The zero-order valence-electron chi connectivity index (χ0n) is 62.0. The van der Waals surface area contributed by atoms with Gasteiger partial charge in [0.2, 0.25) is 11.5 Å². The smallest absolute Gasteiger partial charge is 0.457 e. The van der Waals surface area contributed by atoms with Crippen molar-refractivity contribution < 1.29 is 89.8 Å². The zero-order chi connectivity index (χ0) is 75.9. The lowest BCUT2D eigenvalue weighted by Gasteiger charge is -2.35. The molecule has 3 aromatic heterocycles. The molecule has 5 aromatic rings. The maximum atomic E-state index is 14.5. The molecule has 3 atom stereocenters. The van der Waals surface area contributed by atoms with Gasteiger partial charge < -0.3 is 72.5 Å². The van der Waals surface area contributed by atoms with E-state index in [1.54, 1.807) is 60.5 Å². The Morgan fingerprint density at radius 1 is 0.745 bits per heavy atom. The first-order valence-electron chi connectivity index (χ1n) is 36.3. The topological polar surface area (TPSA) is 332 Å². The number of carbonyl (C=O) groups excluding carboxylic acids is 6. The van der Waals surface area contributed by atoms with Crippen LogP contribution in [-0.2, 0) is 122 Å². The number of esters is 1. The minimum atomic E-state index is -2.54. The number of nitrogens with two attached hydrogens (primary N) is 1. The van der Waals surface area contributed by atoms with Gasteiger partial charge in [0, 0.05) is 114 Å². The van der Waals surface area contributed by atoms with Gasteiger partial charge in [-0.2, -0.15) is 0 Å². The van der Waals surface area contributed by atoms with Gasteiger partial charge in [0.05, 0.1) is 127 Å². The van der Waals surface area contributed by atoms with Crippen LogP contribution in [0.2, 0.25) is 0 Å². The fourth-order valence-electron chi connectivity index (χ4n) is 12.0. The quantitative estimate of drug-likeness (QED) is 0.00907. The van der Waals surface area contributed by atoms with Crippen molar-refractivity contribution in [1.29, 1.82) is 0 Å². The number of Topliss-reactive ketones (excluding diaryl/α,β-unsaturated/α-hetero) is 3. The molecule has 29 heteroatoms. The number of aromatic nitrogens is 4. The molecule has 0 saturated heterocycles. The first-order valence-corrected chi connectivity index (χ1v) is 39.7. The molecule has 0 fully saturated rings. The number of hydrogen-bond acceptors (Lipinski definition) is 25. The molecule has 2 aromatic carbocycles. The fraction of sp³-hybridized carbons (Fsp3) is 0.571. The summed E-state index contributed by atoms with van der Waals surface area (Å²) in [5, 5.41) is 4.48. The summed E-state index contributed by atoms with van der Waals surface area (Å²) in [6, 6.07) is 15.8. The van der Waals surface area contributed by atoms with E-state index in [2.05, 4.69) is 33.0 Å². The van der Waals surface area contributed by atoms with E-state index in [9.17, 15) is 37.8 Å². The van der Waals surface area contributed by atoms with Gasteiger partial charge in [0.15, 0.2) is 16.7 Å². The van der Waals surface area contributed by atoms with E-state index in [0.29, 0.717) is 210 Å². The first-order chi connectivity index (χ1) is 51.3. The Bertz CT molecular complexity index is 3870. The van der Waals surface area contributed by atoms with Crippen LogP contribution >= 0.6 is 11.8 Å². The first kappa shape index (κ1) is 85.8. The van der Waals surface area contributed by atoms with Crippen LogP contribution in [0.5, 0.6) is 0 Å². The number of carbonyl (C=O) groups is 6. The summed E-state index contributed by atoms with van der Waals surface area (Å²) in [5.74, 6) is 7.79. The minimum Gasteiger partial charge on any atom is -0.457 e. The number of ether oxygens (including phenoxy) is 12. The van der Waals surface area contributed by atoms with Gasteiger partial charge in [-0.25, -0.2) is 28.8 Å². The van der Waals surface area contributed by atoms with Gasteiger partial charge in [-0.3, -0.25) is 28.2 Å². The van der Waals surface area contributed by atoms with Gasteiger partial charge in [0.1, 0.15) is 32.2 Å². The van der Waals surface area contributed by atoms with Gasteiger partial charge >= 0.3 is 12.1 Å². The number of nitrogens with zero attached hydrogens (tertiary/aromatic N) is 5. The van der Waals surface area contributed by atoms with Crippen molar-refractivity contribution >= 4 is 79.3 Å². The summed E-state index contributed by atoms with van der Waals surface area (Å²) < 4.78 is 83.6. The maximum absolute atomic E-state index is 14.5. The monoisotopic (exact) mass is 1510 g/mol. The number of thioether (sulfide) groups is 1. The molecule has 0 aliphatic carbocycles. The Morgan fingerprint density at radius 2 is 1.32 bits per heavy atom. The standard InChI is InChI=1S/C77H105N7O20S2/c1-7-77(68-48-70-71-66(51-83(70)73(89)67(68)55-102-74(77)90)64(65-22-11-12-23-69(65)82-71)28-30-84(56(2)3)106(5,6)92)104-76(91)103-52-57-24-26-60(27-25-57)81-72(88)59(18-13-14-29-78)47-63(87)54-101-53-62(86)21-16-32-94-34-36-96-38-40-98-42-44-100-46-45-99-43-41-97-39-37-95-35-33-93-31-15-20-61(85)19-10-8-9-17-58-49-79-75(105-4)80-50-58/h11-12,22-27,48-50,56,59H,5,7-8,10,13-16,18-21,28-47,51-55,78H2,1-4,6H3,(H,81,88)/t59-,77+,106?/m1/s1. The summed E-state index contributed by atoms with van der Waals surface area (Å²) in [5.41, 5.74) is 8.83. The Hall–Kier alpha value is -7.41. The molecule has 5 heterocycles. The Morgan fingerprint density at radius 3 is 1.90 bits per heavy atom. The molecule has 0 saturated carbocycles. The molecule has 7 rings (SSSR count). The van der Waals surface area contributed by atoms with Crippen LogP contribution in [-0.4, -0.2) is 220 Å². The van der Waals surface area contributed by atoms with Crippen molar-refractivity contribution in [1.82, 2.24) is 23.8 Å². The van der Waals surface area contributed by atoms with Crippen LogP contribution in [0.3, 0.4) is 0 Å². The van der Waals surface area contributed by atoms with Crippen molar-refractivity contribution in [3.63, 3.8) is 0 Å². The van der Waals surface area contributed by atoms with E-state index < -0.39 is 38.9 Å². The van der Waals surface area contributed by atoms with Crippen molar-refractivity contribution in [3.8, 4) is 23.2 Å². The highest BCUT2D eigenvalue weighted by Gasteiger charge is 2.51. The summed E-state index contributed by atoms with van der Waals surface area (Å²) in [4.78, 5) is 107. The largest absolute Gasteiger partial charge is 0.510 e. The minimum absolute atomic E-state index is 0.0411. The lowest BCUT2D eigenvalue weighted by molar-refractivity contribution is -0.175. The highest BCUT2D eigenvalue weighted by Crippen LogP contribution is 2.42. The summed E-state index contributed by atoms with van der Waals surface area (Å²) in [6.45, 7) is 12.2. The molecular formula is C77H105N7O20S2. The van der Waals surface area contributed by atoms with Crippen LogP contribution < -0.4 is 16.6 Å². The van der Waals surface area contributed by atoms with E-state index >= 15 is 0 Å². The number of ketones is 3. The van der Waals surface area contributed by atoms with Crippen molar-refractivity contribution in [2.45, 2.75) is 141 Å². The molecule has 1 amide bonds. The fourth-order valence-corrected chi connectivity index (χ4v) is 13.7. The van der Waals surface area contributed by atoms with Crippen LogP contribution in [0.4, 0.5) is 10.5 Å². The molecule has 3 N–H and O–H groups in total. The van der Waals surface area contributed by atoms with Crippen molar-refractivity contribution in [3.05, 3.63) is 111 Å².